The normalized spacial score (nSPS) is 17.2. The number of hydrogen-bond acceptors (Lipinski definition) is 5. The molecule has 0 radical (unpaired) electrons. The van der Waals surface area contributed by atoms with Crippen molar-refractivity contribution in [2.75, 3.05) is 17.8 Å². The summed E-state index contributed by atoms with van der Waals surface area (Å²) in [5.41, 5.74) is 6.56. The van der Waals surface area contributed by atoms with Crippen LogP contribution in [0.4, 0.5) is 5.69 Å². The van der Waals surface area contributed by atoms with Gasteiger partial charge in [-0.05, 0) is 42.5 Å². The molecule has 9 heteroatoms. The number of likely N-dealkylation sites (tertiary alicyclic amines) is 1. The van der Waals surface area contributed by atoms with Crippen molar-refractivity contribution in [1.82, 2.24) is 4.90 Å². The first-order valence-corrected chi connectivity index (χ1v) is 10.0. The summed E-state index contributed by atoms with van der Waals surface area (Å²) in [6, 6.07) is 9.84. The molecule has 2 aromatic rings. The van der Waals surface area contributed by atoms with E-state index in [1.807, 2.05) is 0 Å². The molecule has 1 amide bonds. The van der Waals surface area contributed by atoms with Crippen LogP contribution in [-0.2, 0) is 10.0 Å². The minimum atomic E-state index is -3.62. The second-order valence-electron chi connectivity index (χ2n) is 5.65. The molecule has 1 atom stereocenters. The fraction of sp³-hybridized carbons (Fsp3) is 0.312. The Labute approximate surface area is 157 Å². The van der Waals surface area contributed by atoms with Crippen molar-refractivity contribution < 1.29 is 13.2 Å². The maximum absolute atomic E-state index is 12.7. The molecule has 1 saturated heterocycles. The van der Waals surface area contributed by atoms with Crippen LogP contribution in [0.25, 0.3) is 0 Å². The number of benzene rings is 1. The van der Waals surface area contributed by atoms with Crippen molar-refractivity contribution in [1.29, 1.82) is 0 Å². The molecule has 1 aliphatic rings. The average molecular weight is 402 g/mol. The van der Waals surface area contributed by atoms with Gasteiger partial charge in [-0.2, -0.15) is 0 Å². The number of nitrogens with zero attached hydrogens (tertiary/aromatic N) is 1. The number of carbonyl (C=O) groups excluding carboxylic acids is 1. The molecule has 136 valence electrons. The maximum Gasteiger partial charge on any atom is 0.271 e. The number of sulfonamides is 1. The Hall–Kier alpha value is -1.61. The number of halogens is 1. The predicted molar refractivity (Wildman–Crippen MR) is 102 cm³/mol. The predicted octanol–water partition coefficient (Wildman–Crippen LogP) is 2.53. The molecule has 3 N–H and O–H groups in total. The van der Waals surface area contributed by atoms with Crippen molar-refractivity contribution in [3.63, 3.8) is 0 Å². The average Bonchev–Trinajstić information content (AvgIpc) is 3.25. The summed E-state index contributed by atoms with van der Waals surface area (Å²) in [5, 5.41) is 1.70. The van der Waals surface area contributed by atoms with Gasteiger partial charge in [-0.25, -0.2) is 8.42 Å². The Morgan fingerprint density at radius 3 is 2.80 bits per heavy atom. The zero-order valence-electron chi connectivity index (χ0n) is 13.4. The highest BCUT2D eigenvalue weighted by molar-refractivity contribution is 7.94. The quantitative estimate of drug-likeness (QED) is 0.805. The molecule has 0 saturated carbocycles. The van der Waals surface area contributed by atoms with Crippen LogP contribution < -0.4 is 10.5 Å². The van der Waals surface area contributed by atoms with E-state index in [4.69, 9.17) is 5.73 Å². The van der Waals surface area contributed by atoms with Crippen molar-refractivity contribution in [2.45, 2.75) is 23.1 Å². The minimum Gasteiger partial charge on any atom is -0.334 e. The molecule has 6 nitrogen and oxygen atoms in total. The number of carbonyl (C=O) groups is 1. The highest BCUT2D eigenvalue weighted by Crippen LogP contribution is 2.23. The number of nitrogens with two attached hydrogens (primary N) is 1. The van der Waals surface area contributed by atoms with Gasteiger partial charge in [0.1, 0.15) is 4.21 Å². The summed E-state index contributed by atoms with van der Waals surface area (Å²) in [6.07, 6.45) is 1.85. The molecule has 0 spiro atoms. The monoisotopic (exact) mass is 401 g/mol. The first-order valence-electron chi connectivity index (χ1n) is 7.69. The van der Waals surface area contributed by atoms with Crippen LogP contribution >= 0.6 is 23.7 Å². The summed E-state index contributed by atoms with van der Waals surface area (Å²) < 4.78 is 27.3. The zero-order chi connectivity index (χ0) is 17.2. The first-order chi connectivity index (χ1) is 11.5. The molecule has 1 fully saturated rings. The molecular formula is C16H20ClN3O3S2. The lowest BCUT2D eigenvalue weighted by molar-refractivity contribution is 0.0741. The van der Waals surface area contributed by atoms with E-state index in [2.05, 4.69) is 4.72 Å². The van der Waals surface area contributed by atoms with Crippen LogP contribution in [0.2, 0.25) is 0 Å². The minimum absolute atomic E-state index is 0. The molecule has 0 bridgehead atoms. The van der Waals surface area contributed by atoms with Gasteiger partial charge in [-0.15, -0.1) is 23.7 Å². The van der Waals surface area contributed by atoms with E-state index in [0.717, 1.165) is 24.2 Å². The number of thiophene rings is 1. The van der Waals surface area contributed by atoms with E-state index >= 15 is 0 Å². The second kappa shape index (κ2) is 8.18. The fourth-order valence-electron chi connectivity index (χ4n) is 2.85. The number of hydrogen-bond donors (Lipinski definition) is 2. The van der Waals surface area contributed by atoms with E-state index in [9.17, 15) is 13.2 Å². The largest absolute Gasteiger partial charge is 0.334 e. The van der Waals surface area contributed by atoms with Gasteiger partial charge in [0, 0.05) is 30.4 Å². The first kappa shape index (κ1) is 19.7. The van der Waals surface area contributed by atoms with Crippen molar-refractivity contribution in [2.24, 2.45) is 5.73 Å². The Bertz CT molecular complexity index is 825. The second-order valence-corrected chi connectivity index (χ2v) is 8.51. The number of anilines is 1. The molecule has 1 aromatic heterocycles. The topological polar surface area (TPSA) is 92.5 Å². The highest BCUT2D eigenvalue weighted by Gasteiger charge is 2.28. The Morgan fingerprint density at radius 1 is 1.32 bits per heavy atom. The number of amides is 1. The van der Waals surface area contributed by atoms with E-state index in [1.165, 1.54) is 6.07 Å². The van der Waals surface area contributed by atoms with Crippen LogP contribution in [0, 0.1) is 0 Å². The Kier molecular flexibility index (Phi) is 6.45. The number of rotatable bonds is 5. The van der Waals surface area contributed by atoms with Crippen LogP contribution in [0.3, 0.4) is 0 Å². The lowest BCUT2D eigenvalue weighted by Crippen LogP contribution is -2.39. The zero-order valence-corrected chi connectivity index (χ0v) is 15.9. The SMILES string of the molecule is Cl.NCC1CCCN1C(=O)c1cccc(NS(=O)(=O)c2cccs2)c1. The summed E-state index contributed by atoms with van der Waals surface area (Å²) in [6.45, 7) is 1.13. The van der Waals surface area contributed by atoms with Crippen LogP contribution in [0.5, 0.6) is 0 Å². The smallest absolute Gasteiger partial charge is 0.271 e. The summed E-state index contributed by atoms with van der Waals surface area (Å²) in [4.78, 5) is 14.4. The lowest BCUT2D eigenvalue weighted by atomic mass is 10.1. The lowest BCUT2D eigenvalue weighted by Gasteiger charge is -2.23. The molecule has 0 aliphatic carbocycles. The van der Waals surface area contributed by atoms with Crippen LogP contribution in [0.1, 0.15) is 23.2 Å². The molecule has 1 aromatic carbocycles. The van der Waals surface area contributed by atoms with Gasteiger partial charge in [0.2, 0.25) is 0 Å². The van der Waals surface area contributed by atoms with Crippen molar-refractivity contribution in [3.8, 4) is 0 Å². The summed E-state index contributed by atoms with van der Waals surface area (Å²) in [7, 11) is -3.62. The number of nitrogens with one attached hydrogen (secondary N) is 1. The van der Waals surface area contributed by atoms with E-state index in [-0.39, 0.29) is 28.6 Å². The summed E-state index contributed by atoms with van der Waals surface area (Å²) >= 11 is 1.14. The molecule has 25 heavy (non-hydrogen) atoms. The fourth-order valence-corrected chi connectivity index (χ4v) is 4.89. The molecule has 1 unspecified atom stereocenters. The van der Waals surface area contributed by atoms with Crippen molar-refractivity contribution in [3.05, 3.63) is 47.3 Å². The third kappa shape index (κ3) is 4.33. The van der Waals surface area contributed by atoms with E-state index in [1.54, 1.807) is 40.6 Å². The highest BCUT2D eigenvalue weighted by atomic mass is 35.5. The van der Waals surface area contributed by atoms with Crippen molar-refractivity contribution >= 4 is 45.4 Å². The van der Waals surface area contributed by atoms with Gasteiger partial charge in [0.05, 0.1) is 0 Å². The van der Waals surface area contributed by atoms with Gasteiger partial charge in [-0.3, -0.25) is 9.52 Å². The molecule has 2 heterocycles. The third-order valence-electron chi connectivity index (χ3n) is 4.03. The maximum atomic E-state index is 12.7. The molecular weight excluding hydrogens is 382 g/mol. The van der Waals surface area contributed by atoms with E-state index < -0.39 is 10.0 Å². The van der Waals surface area contributed by atoms with E-state index in [0.29, 0.717) is 24.3 Å². The van der Waals surface area contributed by atoms with Gasteiger partial charge in [0.25, 0.3) is 15.9 Å². The molecule has 1 aliphatic heterocycles. The summed E-state index contributed by atoms with van der Waals surface area (Å²) in [5.74, 6) is -0.111. The Morgan fingerprint density at radius 2 is 2.12 bits per heavy atom. The standard InChI is InChI=1S/C16H19N3O3S2.ClH/c17-11-14-6-2-8-19(14)16(20)12-4-1-5-13(10-12)18-24(21,22)15-7-3-9-23-15;/h1,3-5,7,9-10,14,18H,2,6,8,11,17H2;1H. The third-order valence-corrected chi connectivity index (χ3v) is 6.81. The van der Waals surface area contributed by atoms with Gasteiger partial charge >= 0.3 is 0 Å². The molecule has 3 rings (SSSR count). The van der Waals surface area contributed by atoms with Gasteiger partial charge in [0.15, 0.2) is 0 Å². The Balaban J connectivity index is 0.00000225. The van der Waals surface area contributed by atoms with Crippen LogP contribution in [-0.4, -0.2) is 38.4 Å². The van der Waals surface area contributed by atoms with Gasteiger partial charge in [-0.1, -0.05) is 12.1 Å². The van der Waals surface area contributed by atoms with Gasteiger partial charge < -0.3 is 10.6 Å². The van der Waals surface area contributed by atoms with Crippen LogP contribution in [0.15, 0.2) is 46.0 Å².